The molecule has 0 atom stereocenters. The Bertz CT molecular complexity index is 558. The van der Waals surface area contributed by atoms with Gasteiger partial charge in [-0.1, -0.05) is 31.2 Å². The Balaban J connectivity index is 0.00000200. The largest absolute Gasteiger partial charge is 0.349 e. The average Bonchev–Trinajstić information content (AvgIpc) is 2.46. The van der Waals surface area contributed by atoms with E-state index in [0.717, 1.165) is 30.3 Å². The van der Waals surface area contributed by atoms with Gasteiger partial charge in [0, 0.05) is 24.7 Å². The van der Waals surface area contributed by atoms with E-state index in [4.69, 9.17) is 0 Å². The standard InChI is InChI=1S/C15H19N3O.2ClH/c1-2-8-16-10-11-18-15(19)14-13-6-4-3-5-12(13)7-9-17-14;;/h3-7,9,16H,2,8,10-11H2,1H3,(H,18,19);2*1H. The van der Waals surface area contributed by atoms with Gasteiger partial charge in [0.25, 0.3) is 5.91 Å². The SMILES string of the molecule is CCCNCCNC(=O)c1nccc2ccccc12.Cl.Cl. The van der Waals surface area contributed by atoms with Crippen molar-refractivity contribution in [3.8, 4) is 0 Å². The summed E-state index contributed by atoms with van der Waals surface area (Å²) in [6.07, 6.45) is 2.77. The predicted molar refractivity (Wildman–Crippen MR) is 91.7 cm³/mol. The number of carbonyl (C=O) groups excluding carboxylic acids is 1. The van der Waals surface area contributed by atoms with Crippen molar-refractivity contribution in [3.63, 3.8) is 0 Å². The third kappa shape index (κ3) is 5.50. The monoisotopic (exact) mass is 329 g/mol. The van der Waals surface area contributed by atoms with E-state index in [-0.39, 0.29) is 30.7 Å². The summed E-state index contributed by atoms with van der Waals surface area (Å²) in [5.74, 6) is -0.116. The lowest BCUT2D eigenvalue weighted by molar-refractivity contribution is 0.0951. The van der Waals surface area contributed by atoms with Gasteiger partial charge in [0.15, 0.2) is 0 Å². The molecule has 1 aromatic heterocycles. The van der Waals surface area contributed by atoms with E-state index in [9.17, 15) is 4.79 Å². The molecule has 0 radical (unpaired) electrons. The Morgan fingerprint density at radius 3 is 2.62 bits per heavy atom. The maximum atomic E-state index is 12.1. The molecule has 1 aromatic carbocycles. The molecule has 0 aliphatic carbocycles. The number of benzene rings is 1. The van der Waals surface area contributed by atoms with Crippen LogP contribution in [0.4, 0.5) is 0 Å². The number of nitrogens with zero attached hydrogens (tertiary/aromatic N) is 1. The van der Waals surface area contributed by atoms with Crippen LogP contribution in [0, 0.1) is 0 Å². The van der Waals surface area contributed by atoms with Gasteiger partial charge in [-0.2, -0.15) is 0 Å². The summed E-state index contributed by atoms with van der Waals surface area (Å²) < 4.78 is 0. The lowest BCUT2D eigenvalue weighted by Gasteiger charge is -2.07. The minimum Gasteiger partial charge on any atom is -0.349 e. The Morgan fingerprint density at radius 2 is 1.86 bits per heavy atom. The summed E-state index contributed by atoms with van der Waals surface area (Å²) in [4.78, 5) is 16.3. The third-order valence-electron chi connectivity index (χ3n) is 2.90. The fraction of sp³-hybridized carbons (Fsp3) is 0.333. The first-order valence-electron chi connectivity index (χ1n) is 6.65. The minimum absolute atomic E-state index is 0. The molecule has 6 heteroatoms. The summed E-state index contributed by atoms with van der Waals surface area (Å²) in [5, 5.41) is 8.06. The highest BCUT2D eigenvalue weighted by Gasteiger charge is 2.10. The number of nitrogens with one attached hydrogen (secondary N) is 2. The Labute approximate surface area is 137 Å². The number of pyridine rings is 1. The number of aromatic nitrogens is 1. The van der Waals surface area contributed by atoms with Crippen molar-refractivity contribution >= 4 is 41.5 Å². The van der Waals surface area contributed by atoms with E-state index >= 15 is 0 Å². The van der Waals surface area contributed by atoms with Crippen molar-refractivity contribution in [1.29, 1.82) is 0 Å². The zero-order valence-corrected chi connectivity index (χ0v) is 13.6. The quantitative estimate of drug-likeness (QED) is 0.801. The summed E-state index contributed by atoms with van der Waals surface area (Å²) in [7, 11) is 0. The molecule has 4 nitrogen and oxygen atoms in total. The molecule has 0 unspecified atom stereocenters. The van der Waals surface area contributed by atoms with Crippen LogP contribution in [0.2, 0.25) is 0 Å². The van der Waals surface area contributed by atoms with Crippen molar-refractivity contribution in [2.75, 3.05) is 19.6 Å². The van der Waals surface area contributed by atoms with Crippen LogP contribution in [0.25, 0.3) is 10.8 Å². The molecule has 2 rings (SSSR count). The molecule has 0 aliphatic rings. The van der Waals surface area contributed by atoms with Crippen molar-refractivity contribution in [3.05, 3.63) is 42.2 Å². The Morgan fingerprint density at radius 1 is 1.10 bits per heavy atom. The van der Waals surface area contributed by atoms with Crippen LogP contribution in [0.5, 0.6) is 0 Å². The number of amides is 1. The number of carbonyl (C=O) groups is 1. The first-order chi connectivity index (χ1) is 9.33. The highest BCUT2D eigenvalue weighted by molar-refractivity contribution is 6.05. The molecule has 21 heavy (non-hydrogen) atoms. The molecule has 0 saturated heterocycles. The summed E-state index contributed by atoms with van der Waals surface area (Å²) in [5.41, 5.74) is 0.494. The molecule has 2 aromatic rings. The Kier molecular flexibility index (Phi) is 9.71. The molecule has 1 heterocycles. The second-order valence-corrected chi connectivity index (χ2v) is 4.39. The smallest absolute Gasteiger partial charge is 0.270 e. The highest BCUT2D eigenvalue weighted by Crippen LogP contribution is 2.15. The average molecular weight is 330 g/mol. The third-order valence-corrected chi connectivity index (χ3v) is 2.90. The normalized spacial score (nSPS) is 9.57. The zero-order chi connectivity index (χ0) is 13.5. The maximum Gasteiger partial charge on any atom is 0.270 e. The fourth-order valence-electron chi connectivity index (χ4n) is 1.95. The molecule has 0 spiro atoms. The van der Waals surface area contributed by atoms with Gasteiger partial charge in [0.05, 0.1) is 0 Å². The van der Waals surface area contributed by atoms with Gasteiger partial charge >= 0.3 is 0 Å². The van der Waals surface area contributed by atoms with Gasteiger partial charge in [-0.15, -0.1) is 24.8 Å². The molecular weight excluding hydrogens is 309 g/mol. The zero-order valence-electron chi connectivity index (χ0n) is 12.0. The van der Waals surface area contributed by atoms with Gasteiger partial charge < -0.3 is 10.6 Å². The summed E-state index contributed by atoms with van der Waals surface area (Å²) >= 11 is 0. The van der Waals surface area contributed by atoms with Crippen LogP contribution < -0.4 is 10.6 Å². The van der Waals surface area contributed by atoms with Gasteiger partial charge in [-0.25, -0.2) is 0 Å². The summed E-state index contributed by atoms with van der Waals surface area (Å²) in [6.45, 7) is 4.49. The molecule has 2 N–H and O–H groups in total. The van der Waals surface area contributed by atoms with Crippen molar-refractivity contribution in [2.45, 2.75) is 13.3 Å². The topological polar surface area (TPSA) is 54.0 Å². The van der Waals surface area contributed by atoms with E-state index < -0.39 is 0 Å². The highest BCUT2D eigenvalue weighted by atomic mass is 35.5. The van der Waals surface area contributed by atoms with Crippen LogP contribution in [0.15, 0.2) is 36.5 Å². The Hall–Kier alpha value is -1.36. The van der Waals surface area contributed by atoms with Gasteiger partial charge in [-0.05, 0) is 24.4 Å². The molecule has 0 bridgehead atoms. The van der Waals surface area contributed by atoms with Crippen molar-refractivity contribution in [1.82, 2.24) is 15.6 Å². The number of fused-ring (bicyclic) bond motifs is 1. The minimum atomic E-state index is -0.116. The second-order valence-electron chi connectivity index (χ2n) is 4.39. The molecule has 0 aliphatic heterocycles. The van der Waals surface area contributed by atoms with E-state index in [1.54, 1.807) is 6.20 Å². The van der Waals surface area contributed by atoms with Gasteiger partial charge in [0.2, 0.25) is 0 Å². The number of halogens is 2. The second kappa shape index (κ2) is 10.4. The molecule has 1 amide bonds. The van der Waals surface area contributed by atoms with E-state index in [2.05, 4.69) is 22.5 Å². The molecule has 0 fully saturated rings. The van der Waals surface area contributed by atoms with Crippen LogP contribution in [0.1, 0.15) is 23.8 Å². The predicted octanol–water partition coefficient (Wildman–Crippen LogP) is 2.81. The first-order valence-corrected chi connectivity index (χ1v) is 6.65. The first kappa shape index (κ1) is 19.6. The summed E-state index contributed by atoms with van der Waals surface area (Å²) in [6, 6.07) is 9.69. The maximum absolute atomic E-state index is 12.1. The van der Waals surface area contributed by atoms with Gasteiger partial charge in [0.1, 0.15) is 5.69 Å². The molecular formula is C15H21Cl2N3O. The van der Waals surface area contributed by atoms with Crippen LogP contribution >= 0.6 is 24.8 Å². The van der Waals surface area contributed by atoms with E-state index in [1.165, 1.54) is 0 Å². The fourth-order valence-corrected chi connectivity index (χ4v) is 1.95. The van der Waals surface area contributed by atoms with E-state index in [0.29, 0.717) is 12.2 Å². The van der Waals surface area contributed by atoms with Crippen LogP contribution in [-0.2, 0) is 0 Å². The van der Waals surface area contributed by atoms with Crippen molar-refractivity contribution in [2.24, 2.45) is 0 Å². The van der Waals surface area contributed by atoms with Crippen LogP contribution in [0.3, 0.4) is 0 Å². The van der Waals surface area contributed by atoms with Crippen LogP contribution in [-0.4, -0.2) is 30.5 Å². The lowest BCUT2D eigenvalue weighted by atomic mass is 10.1. The number of rotatable bonds is 6. The number of hydrogen-bond donors (Lipinski definition) is 2. The molecule has 0 saturated carbocycles. The van der Waals surface area contributed by atoms with Gasteiger partial charge in [-0.3, -0.25) is 9.78 Å². The molecule has 116 valence electrons. The van der Waals surface area contributed by atoms with E-state index in [1.807, 2.05) is 30.3 Å². The number of hydrogen-bond acceptors (Lipinski definition) is 3. The lowest BCUT2D eigenvalue weighted by Crippen LogP contribution is -2.32. The van der Waals surface area contributed by atoms with Crippen molar-refractivity contribution < 1.29 is 4.79 Å².